The molecular weight excluding hydrogens is 202 g/mol. The van der Waals surface area contributed by atoms with E-state index in [0.717, 1.165) is 6.07 Å². The minimum atomic E-state index is -0.642. The molecule has 0 radical (unpaired) electrons. The summed E-state index contributed by atoms with van der Waals surface area (Å²) in [6.07, 6.45) is 2.84. The standard InChI is InChI=1S/C10H8F2N2O/c11-7-3-6(4-8(12)5-7)9-1-2-10(15)14-13-9/h1-5,9,13H,(H,14,15). The summed E-state index contributed by atoms with van der Waals surface area (Å²) >= 11 is 0. The largest absolute Gasteiger partial charge is 0.287 e. The van der Waals surface area contributed by atoms with E-state index >= 15 is 0 Å². The molecule has 1 aliphatic heterocycles. The van der Waals surface area contributed by atoms with Crippen LogP contribution in [-0.2, 0) is 4.79 Å². The van der Waals surface area contributed by atoms with Gasteiger partial charge in [0.2, 0.25) is 0 Å². The quantitative estimate of drug-likeness (QED) is 0.731. The predicted molar refractivity (Wildman–Crippen MR) is 49.5 cm³/mol. The van der Waals surface area contributed by atoms with Crippen LogP contribution in [0, 0.1) is 11.6 Å². The maximum atomic E-state index is 12.9. The van der Waals surface area contributed by atoms with Gasteiger partial charge in [-0.2, -0.15) is 0 Å². The number of hydrazine groups is 1. The van der Waals surface area contributed by atoms with Gasteiger partial charge in [0.15, 0.2) is 0 Å². The van der Waals surface area contributed by atoms with Crippen LogP contribution in [0.25, 0.3) is 0 Å². The molecule has 1 amide bonds. The van der Waals surface area contributed by atoms with Crippen LogP contribution in [0.2, 0.25) is 0 Å². The zero-order valence-corrected chi connectivity index (χ0v) is 7.63. The van der Waals surface area contributed by atoms with E-state index in [1.807, 2.05) is 0 Å². The molecule has 0 aromatic heterocycles. The maximum Gasteiger partial charge on any atom is 0.257 e. The Labute approximate surface area is 84.8 Å². The normalized spacial score (nSPS) is 20.1. The molecule has 0 spiro atoms. The molecule has 1 unspecified atom stereocenters. The van der Waals surface area contributed by atoms with Crippen LogP contribution in [0.4, 0.5) is 8.78 Å². The predicted octanol–water partition coefficient (Wildman–Crippen LogP) is 1.20. The first kappa shape index (κ1) is 9.79. The first-order chi connectivity index (χ1) is 7.15. The Morgan fingerprint density at radius 2 is 1.80 bits per heavy atom. The van der Waals surface area contributed by atoms with E-state index < -0.39 is 17.7 Å². The highest BCUT2D eigenvalue weighted by molar-refractivity contribution is 5.88. The Morgan fingerprint density at radius 1 is 1.13 bits per heavy atom. The number of carbonyl (C=O) groups excluding carboxylic acids is 1. The van der Waals surface area contributed by atoms with Crippen LogP contribution in [0.1, 0.15) is 11.6 Å². The zero-order chi connectivity index (χ0) is 10.8. The molecule has 1 heterocycles. The van der Waals surface area contributed by atoms with Crippen molar-refractivity contribution in [3.63, 3.8) is 0 Å². The molecule has 1 aliphatic rings. The van der Waals surface area contributed by atoms with Crippen LogP contribution in [0.3, 0.4) is 0 Å². The number of nitrogens with one attached hydrogen (secondary N) is 2. The number of benzene rings is 1. The van der Waals surface area contributed by atoms with E-state index in [2.05, 4.69) is 10.9 Å². The van der Waals surface area contributed by atoms with Crippen LogP contribution in [-0.4, -0.2) is 5.91 Å². The highest BCUT2D eigenvalue weighted by Gasteiger charge is 2.14. The van der Waals surface area contributed by atoms with Crippen LogP contribution in [0.15, 0.2) is 30.4 Å². The average Bonchev–Trinajstić information content (AvgIpc) is 2.17. The maximum absolute atomic E-state index is 12.9. The third-order valence-electron chi connectivity index (χ3n) is 2.03. The van der Waals surface area contributed by atoms with Gasteiger partial charge in [-0.3, -0.25) is 10.2 Å². The molecule has 3 nitrogen and oxygen atoms in total. The van der Waals surface area contributed by atoms with Crippen molar-refractivity contribution in [2.45, 2.75) is 6.04 Å². The lowest BCUT2D eigenvalue weighted by atomic mass is 10.1. The van der Waals surface area contributed by atoms with E-state index in [1.165, 1.54) is 24.3 Å². The van der Waals surface area contributed by atoms with Gasteiger partial charge in [-0.05, 0) is 17.7 Å². The molecule has 2 rings (SSSR count). The van der Waals surface area contributed by atoms with Gasteiger partial charge < -0.3 is 0 Å². The molecule has 0 fully saturated rings. The molecule has 1 aromatic rings. The summed E-state index contributed by atoms with van der Waals surface area (Å²) in [5, 5.41) is 0. The van der Waals surface area contributed by atoms with Gasteiger partial charge in [0.05, 0.1) is 6.04 Å². The summed E-state index contributed by atoms with van der Waals surface area (Å²) in [6.45, 7) is 0. The Balaban J connectivity index is 2.30. The van der Waals surface area contributed by atoms with Gasteiger partial charge in [-0.15, -0.1) is 0 Å². The lowest BCUT2D eigenvalue weighted by Gasteiger charge is -2.19. The van der Waals surface area contributed by atoms with Crippen molar-refractivity contribution in [1.82, 2.24) is 10.9 Å². The third-order valence-corrected chi connectivity index (χ3v) is 2.03. The highest BCUT2D eigenvalue weighted by Crippen LogP contribution is 2.18. The fraction of sp³-hybridized carbons (Fsp3) is 0.100. The smallest absolute Gasteiger partial charge is 0.257 e. The Bertz CT molecular complexity index is 411. The second-order valence-electron chi connectivity index (χ2n) is 3.17. The van der Waals surface area contributed by atoms with Crippen molar-refractivity contribution < 1.29 is 13.6 Å². The van der Waals surface area contributed by atoms with Crippen molar-refractivity contribution in [2.24, 2.45) is 0 Å². The van der Waals surface area contributed by atoms with Gasteiger partial charge in [-0.1, -0.05) is 6.08 Å². The highest BCUT2D eigenvalue weighted by atomic mass is 19.1. The summed E-state index contributed by atoms with van der Waals surface area (Å²) in [7, 11) is 0. The molecule has 1 aromatic carbocycles. The lowest BCUT2D eigenvalue weighted by Crippen LogP contribution is -2.41. The molecule has 0 saturated carbocycles. The first-order valence-corrected chi connectivity index (χ1v) is 4.35. The van der Waals surface area contributed by atoms with Gasteiger partial charge in [0.25, 0.3) is 5.91 Å². The monoisotopic (exact) mass is 210 g/mol. The molecule has 5 heteroatoms. The van der Waals surface area contributed by atoms with E-state index in [-0.39, 0.29) is 5.91 Å². The molecule has 0 aliphatic carbocycles. The van der Waals surface area contributed by atoms with Crippen LogP contribution in [0.5, 0.6) is 0 Å². The molecule has 1 atom stereocenters. The summed E-state index contributed by atoms with van der Waals surface area (Å²) < 4.78 is 25.8. The lowest BCUT2D eigenvalue weighted by molar-refractivity contribution is -0.118. The molecular formula is C10H8F2N2O. The summed E-state index contributed by atoms with van der Waals surface area (Å²) in [5.41, 5.74) is 5.39. The summed E-state index contributed by atoms with van der Waals surface area (Å²) in [6, 6.07) is 2.81. The molecule has 15 heavy (non-hydrogen) atoms. The Kier molecular flexibility index (Phi) is 2.47. The summed E-state index contributed by atoms with van der Waals surface area (Å²) in [4.78, 5) is 10.8. The molecule has 2 N–H and O–H groups in total. The average molecular weight is 210 g/mol. The number of amides is 1. The molecule has 0 saturated heterocycles. The number of carbonyl (C=O) groups is 1. The summed E-state index contributed by atoms with van der Waals surface area (Å²) in [5.74, 6) is -1.57. The SMILES string of the molecule is O=C1C=CC(c2cc(F)cc(F)c2)NN1. The van der Waals surface area contributed by atoms with E-state index in [0.29, 0.717) is 5.56 Å². The minimum Gasteiger partial charge on any atom is -0.287 e. The second kappa shape index (κ2) is 3.78. The van der Waals surface area contributed by atoms with Gasteiger partial charge in [0, 0.05) is 12.1 Å². The van der Waals surface area contributed by atoms with Crippen molar-refractivity contribution in [1.29, 1.82) is 0 Å². The van der Waals surface area contributed by atoms with Gasteiger partial charge >= 0.3 is 0 Å². The minimum absolute atomic E-state index is 0.289. The van der Waals surface area contributed by atoms with E-state index in [4.69, 9.17) is 0 Å². The van der Waals surface area contributed by atoms with Gasteiger partial charge in [-0.25, -0.2) is 14.2 Å². The zero-order valence-electron chi connectivity index (χ0n) is 7.63. The van der Waals surface area contributed by atoms with E-state index in [1.54, 1.807) is 0 Å². The van der Waals surface area contributed by atoms with Crippen LogP contribution >= 0.6 is 0 Å². The number of halogens is 2. The number of hydrogen-bond acceptors (Lipinski definition) is 2. The fourth-order valence-electron chi connectivity index (χ4n) is 1.37. The second-order valence-corrected chi connectivity index (χ2v) is 3.17. The fourth-order valence-corrected chi connectivity index (χ4v) is 1.37. The van der Waals surface area contributed by atoms with Crippen molar-refractivity contribution >= 4 is 5.91 Å². The Hall–Kier alpha value is -1.75. The molecule has 78 valence electrons. The van der Waals surface area contributed by atoms with Crippen molar-refractivity contribution in [2.75, 3.05) is 0 Å². The van der Waals surface area contributed by atoms with Crippen LogP contribution < -0.4 is 10.9 Å². The Morgan fingerprint density at radius 3 is 2.33 bits per heavy atom. The van der Waals surface area contributed by atoms with Gasteiger partial charge in [0.1, 0.15) is 11.6 Å². The van der Waals surface area contributed by atoms with Crippen molar-refractivity contribution in [3.8, 4) is 0 Å². The molecule has 0 bridgehead atoms. The number of rotatable bonds is 1. The third kappa shape index (κ3) is 2.19. The van der Waals surface area contributed by atoms with E-state index in [9.17, 15) is 13.6 Å². The topological polar surface area (TPSA) is 41.1 Å². The number of hydrogen-bond donors (Lipinski definition) is 2. The van der Waals surface area contributed by atoms with Crippen molar-refractivity contribution in [3.05, 3.63) is 47.5 Å². The first-order valence-electron chi connectivity index (χ1n) is 4.35.